The number of hydrogen-bond acceptors (Lipinski definition) is 4. The molecular weight excluding hydrogens is 247 g/mol. The number of nitrogens with one attached hydrogen (secondary N) is 1. The van der Waals surface area contributed by atoms with Crippen LogP contribution >= 0.6 is 0 Å². The van der Waals surface area contributed by atoms with Crippen LogP contribution in [0.5, 0.6) is 0 Å². The van der Waals surface area contributed by atoms with Crippen LogP contribution < -0.4 is 10.2 Å². The molecule has 1 aromatic rings. The largest absolute Gasteiger partial charge is 0.394 e. The highest BCUT2D eigenvalue weighted by Gasteiger charge is 2.24. The van der Waals surface area contributed by atoms with E-state index in [-0.39, 0.29) is 24.6 Å². The molecule has 1 aliphatic rings. The molecule has 2 rings (SSSR count). The molecule has 0 saturated carbocycles. The zero-order valence-electron chi connectivity index (χ0n) is 11.4. The highest BCUT2D eigenvalue weighted by molar-refractivity contribution is 5.56. The molecule has 1 aliphatic heterocycles. The molecule has 4 nitrogen and oxygen atoms in total. The van der Waals surface area contributed by atoms with E-state index in [2.05, 4.69) is 10.2 Å². The summed E-state index contributed by atoms with van der Waals surface area (Å²) in [5, 5.41) is 12.3. The number of ether oxygens (including phenoxy) is 1. The van der Waals surface area contributed by atoms with E-state index >= 15 is 0 Å². The zero-order valence-corrected chi connectivity index (χ0v) is 11.4. The SMILES string of the molecule is CNC(C)c1c(F)cccc1N1CCOC(CO)C1. The van der Waals surface area contributed by atoms with E-state index in [0.29, 0.717) is 25.3 Å². The summed E-state index contributed by atoms with van der Waals surface area (Å²) in [4.78, 5) is 2.08. The van der Waals surface area contributed by atoms with Gasteiger partial charge in [-0.05, 0) is 26.1 Å². The molecule has 1 fully saturated rings. The highest BCUT2D eigenvalue weighted by atomic mass is 19.1. The van der Waals surface area contributed by atoms with E-state index in [9.17, 15) is 9.50 Å². The second-order valence-corrected chi connectivity index (χ2v) is 4.80. The molecule has 1 saturated heterocycles. The molecule has 0 spiro atoms. The molecule has 5 heteroatoms. The van der Waals surface area contributed by atoms with Gasteiger partial charge < -0.3 is 20.1 Å². The van der Waals surface area contributed by atoms with Gasteiger partial charge in [0, 0.05) is 30.4 Å². The number of benzene rings is 1. The van der Waals surface area contributed by atoms with Crippen molar-refractivity contribution in [3.8, 4) is 0 Å². The monoisotopic (exact) mass is 268 g/mol. The second-order valence-electron chi connectivity index (χ2n) is 4.80. The molecule has 19 heavy (non-hydrogen) atoms. The van der Waals surface area contributed by atoms with Gasteiger partial charge in [0.2, 0.25) is 0 Å². The van der Waals surface area contributed by atoms with Gasteiger partial charge in [0.05, 0.1) is 19.3 Å². The Morgan fingerprint density at radius 2 is 2.37 bits per heavy atom. The molecule has 2 N–H and O–H groups in total. The molecule has 0 radical (unpaired) electrons. The lowest BCUT2D eigenvalue weighted by atomic mass is 10.0. The fourth-order valence-electron chi connectivity index (χ4n) is 2.42. The van der Waals surface area contributed by atoms with Crippen molar-refractivity contribution in [1.29, 1.82) is 0 Å². The molecule has 0 aliphatic carbocycles. The first-order chi connectivity index (χ1) is 9.17. The van der Waals surface area contributed by atoms with Crippen molar-refractivity contribution < 1.29 is 14.2 Å². The molecule has 2 atom stereocenters. The Morgan fingerprint density at radius 3 is 3.05 bits per heavy atom. The standard InChI is InChI=1S/C14H21FN2O2/c1-10(16-2)14-12(15)4-3-5-13(14)17-6-7-19-11(8-17)9-18/h3-5,10-11,16,18H,6-9H2,1-2H3. The molecule has 1 heterocycles. The predicted octanol–water partition coefficient (Wildman–Crippen LogP) is 1.30. The Balaban J connectivity index is 2.30. The van der Waals surface area contributed by atoms with Crippen molar-refractivity contribution >= 4 is 5.69 Å². The van der Waals surface area contributed by atoms with Crippen LogP contribution in [-0.4, -0.2) is 44.6 Å². The summed E-state index contributed by atoms with van der Waals surface area (Å²) in [7, 11) is 1.82. The summed E-state index contributed by atoms with van der Waals surface area (Å²) in [6, 6.07) is 5.06. The summed E-state index contributed by atoms with van der Waals surface area (Å²) in [6.07, 6.45) is -0.199. The minimum Gasteiger partial charge on any atom is -0.394 e. The van der Waals surface area contributed by atoms with Crippen molar-refractivity contribution in [3.05, 3.63) is 29.6 Å². The van der Waals surface area contributed by atoms with Crippen LogP contribution in [0.15, 0.2) is 18.2 Å². The van der Waals surface area contributed by atoms with Crippen molar-refractivity contribution in [1.82, 2.24) is 5.32 Å². The van der Waals surface area contributed by atoms with E-state index in [0.717, 1.165) is 5.69 Å². The van der Waals surface area contributed by atoms with Crippen LogP contribution in [0.1, 0.15) is 18.5 Å². The van der Waals surface area contributed by atoms with Crippen LogP contribution in [0.4, 0.5) is 10.1 Å². The third-order valence-corrected chi connectivity index (χ3v) is 3.58. The number of aliphatic hydroxyl groups excluding tert-OH is 1. The van der Waals surface area contributed by atoms with Gasteiger partial charge in [-0.3, -0.25) is 0 Å². The van der Waals surface area contributed by atoms with E-state index in [1.165, 1.54) is 6.07 Å². The van der Waals surface area contributed by atoms with Gasteiger partial charge in [-0.1, -0.05) is 6.07 Å². The lowest BCUT2D eigenvalue weighted by molar-refractivity contribution is 0.00349. The maximum Gasteiger partial charge on any atom is 0.130 e. The van der Waals surface area contributed by atoms with E-state index in [1.54, 1.807) is 6.07 Å². The van der Waals surface area contributed by atoms with E-state index in [4.69, 9.17) is 4.74 Å². The van der Waals surface area contributed by atoms with Gasteiger partial charge >= 0.3 is 0 Å². The van der Waals surface area contributed by atoms with Crippen LogP contribution in [0.3, 0.4) is 0 Å². The van der Waals surface area contributed by atoms with Crippen LogP contribution in [0, 0.1) is 5.82 Å². The van der Waals surface area contributed by atoms with Crippen molar-refractivity contribution in [2.45, 2.75) is 19.1 Å². The van der Waals surface area contributed by atoms with Crippen LogP contribution in [0.25, 0.3) is 0 Å². The fraction of sp³-hybridized carbons (Fsp3) is 0.571. The number of morpholine rings is 1. The first kappa shape index (κ1) is 14.2. The normalized spacial score (nSPS) is 21.5. The summed E-state index contributed by atoms with van der Waals surface area (Å²) in [5.41, 5.74) is 1.55. The third kappa shape index (κ3) is 3.05. The van der Waals surface area contributed by atoms with Crippen LogP contribution in [-0.2, 0) is 4.74 Å². The minimum absolute atomic E-state index is 0.0112. The fourth-order valence-corrected chi connectivity index (χ4v) is 2.42. The summed E-state index contributed by atoms with van der Waals surface area (Å²) in [5.74, 6) is -0.202. The lowest BCUT2D eigenvalue weighted by Crippen LogP contribution is -2.44. The number of anilines is 1. The molecule has 106 valence electrons. The molecule has 1 aromatic carbocycles. The Hall–Kier alpha value is -1.17. The number of hydrogen-bond donors (Lipinski definition) is 2. The van der Waals surface area contributed by atoms with Crippen LogP contribution in [0.2, 0.25) is 0 Å². The average Bonchev–Trinajstić information content (AvgIpc) is 2.46. The van der Waals surface area contributed by atoms with Gasteiger partial charge in [0.1, 0.15) is 5.82 Å². The maximum atomic E-state index is 14.1. The topological polar surface area (TPSA) is 44.7 Å². The Bertz CT molecular complexity index is 428. The quantitative estimate of drug-likeness (QED) is 0.864. The van der Waals surface area contributed by atoms with Crippen molar-refractivity contribution in [2.24, 2.45) is 0 Å². The van der Waals surface area contributed by atoms with Gasteiger partial charge in [0.25, 0.3) is 0 Å². The number of rotatable bonds is 4. The molecular formula is C14H21FN2O2. The Labute approximate surface area is 113 Å². The number of halogens is 1. The molecule has 0 aromatic heterocycles. The summed E-state index contributed by atoms with van der Waals surface area (Å²) in [6.45, 7) is 3.77. The molecule has 0 amide bonds. The first-order valence-corrected chi connectivity index (χ1v) is 6.60. The maximum absolute atomic E-state index is 14.1. The second kappa shape index (κ2) is 6.32. The molecule has 2 unspecified atom stereocenters. The Morgan fingerprint density at radius 1 is 1.58 bits per heavy atom. The predicted molar refractivity (Wildman–Crippen MR) is 72.9 cm³/mol. The minimum atomic E-state index is -0.202. The van der Waals surface area contributed by atoms with Crippen molar-refractivity contribution in [3.63, 3.8) is 0 Å². The molecule has 0 bridgehead atoms. The smallest absolute Gasteiger partial charge is 0.130 e. The van der Waals surface area contributed by atoms with E-state index < -0.39 is 0 Å². The third-order valence-electron chi connectivity index (χ3n) is 3.58. The number of aliphatic hydroxyl groups is 1. The highest BCUT2D eigenvalue weighted by Crippen LogP contribution is 2.30. The average molecular weight is 268 g/mol. The van der Waals surface area contributed by atoms with Gasteiger partial charge in [-0.25, -0.2) is 4.39 Å². The summed E-state index contributed by atoms with van der Waals surface area (Å²) < 4.78 is 19.5. The van der Waals surface area contributed by atoms with E-state index in [1.807, 2.05) is 20.0 Å². The van der Waals surface area contributed by atoms with Gasteiger partial charge in [-0.2, -0.15) is 0 Å². The van der Waals surface area contributed by atoms with Gasteiger partial charge in [-0.15, -0.1) is 0 Å². The van der Waals surface area contributed by atoms with Gasteiger partial charge in [0.15, 0.2) is 0 Å². The van der Waals surface area contributed by atoms with Crippen molar-refractivity contribution in [2.75, 3.05) is 38.3 Å². The first-order valence-electron chi connectivity index (χ1n) is 6.60. The lowest BCUT2D eigenvalue weighted by Gasteiger charge is -2.35. The zero-order chi connectivity index (χ0) is 13.8. The number of nitrogens with zero attached hydrogens (tertiary/aromatic N) is 1. The summed E-state index contributed by atoms with van der Waals surface area (Å²) >= 11 is 0. The Kier molecular flexibility index (Phi) is 4.74.